The highest BCUT2D eigenvalue weighted by atomic mass is 16.5. The zero-order valence-corrected chi connectivity index (χ0v) is 8.02. The van der Waals surface area contributed by atoms with Crippen LogP contribution in [-0.4, -0.2) is 13.2 Å². The number of hydrogen-bond acceptors (Lipinski definition) is 1. The monoisotopic (exact) mass is 156 g/mol. The summed E-state index contributed by atoms with van der Waals surface area (Å²) in [6, 6.07) is 0. The molecule has 1 unspecified atom stereocenters. The van der Waals surface area contributed by atoms with Crippen molar-refractivity contribution in [2.75, 3.05) is 13.2 Å². The standard InChI is InChI=1S/C10H20O/c1-9(2)7-10(3)5-4-6-11-8-10/h9H,4-8H2,1-3H3. The molecule has 1 saturated heterocycles. The maximum atomic E-state index is 5.49. The average molecular weight is 156 g/mol. The maximum Gasteiger partial charge on any atom is 0.0519 e. The van der Waals surface area contributed by atoms with Gasteiger partial charge in [0.05, 0.1) is 6.61 Å². The zero-order chi connectivity index (χ0) is 8.32. The third-order valence-corrected chi connectivity index (χ3v) is 2.42. The van der Waals surface area contributed by atoms with Crippen molar-refractivity contribution in [2.24, 2.45) is 11.3 Å². The van der Waals surface area contributed by atoms with Crippen LogP contribution in [0.3, 0.4) is 0 Å². The highest BCUT2D eigenvalue weighted by molar-refractivity contribution is 4.77. The normalized spacial score (nSPS) is 32.7. The summed E-state index contributed by atoms with van der Waals surface area (Å²) in [4.78, 5) is 0. The Kier molecular flexibility index (Phi) is 2.94. The van der Waals surface area contributed by atoms with E-state index in [0.29, 0.717) is 5.41 Å². The van der Waals surface area contributed by atoms with Crippen LogP contribution in [0.25, 0.3) is 0 Å². The summed E-state index contributed by atoms with van der Waals surface area (Å²) in [5.74, 6) is 0.807. The van der Waals surface area contributed by atoms with Crippen LogP contribution in [0.1, 0.15) is 40.0 Å². The molecule has 0 aromatic heterocycles. The first-order valence-electron chi connectivity index (χ1n) is 4.70. The summed E-state index contributed by atoms with van der Waals surface area (Å²) >= 11 is 0. The topological polar surface area (TPSA) is 9.23 Å². The van der Waals surface area contributed by atoms with Crippen LogP contribution in [0.5, 0.6) is 0 Å². The molecule has 1 nitrogen and oxygen atoms in total. The Balaban J connectivity index is 2.37. The molecule has 1 heterocycles. The first-order chi connectivity index (χ1) is 5.12. The minimum absolute atomic E-state index is 0.479. The summed E-state index contributed by atoms with van der Waals surface area (Å²) in [6.07, 6.45) is 3.92. The Bertz CT molecular complexity index is 112. The van der Waals surface area contributed by atoms with E-state index >= 15 is 0 Å². The van der Waals surface area contributed by atoms with Gasteiger partial charge >= 0.3 is 0 Å². The average Bonchev–Trinajstić information content (AvgIpc) is 1.85. The molecule has 0 saturated carbocycles. The molecule has 0 amide bonds. The summed E-state index contributed by atoms with van der Waals surface area (Å²) in [5, 5.41) is 0. The van der Waals surface area contributed by atoms with Gasteiger partial charge in [-0.25, -0.2) is 0 Å². The van der Waals surface area contributed by atoms with Gasteiger partial charge in [0, 0.05) is 6.61 Å². The molecule has 0 aromatic rings. The summed E-state index contributed by atoms with van der Waals surface area (Å²) in [7, 11) is 0. The summed E-state index contributed by atoms with van der Waals surface area (Å²) in [6.45, 7) is 8.89. The lowest BCUT2D eigenvalue weighted by atomic mass is 9.78. The lowest BCUT2D eigenvalue weighted by Gasteiger charge is -2.34. The summed E-state index contributed by atoms with van der Waals surface area (Å²) < 4.78 is 5.49. The fourth-order valence-corrected chi connectivity index (χ4v) is 2.14. The smallest absolute Gasteiger partial charge is 0.0519 e. The van der Waals surface area contributed by atoms with Gasteiger partial charge in [0.25, 0.3) is 0 Å². The van der Waals surface area contributed by atoms with Crippen LogP contribution in [0.4, 0.5) is 0 Å². The van der Waals surface area contributed by atoms with E-state index in [2.05, 4.69) is 20.8 Å². The highest BCUT2D eigenvalue weighted by Crippen LogP contribution is 2.34. The molecule has 0 aliphatic carbocycles. The van der Waals surface area contributed by atoms with Gasteiger partial charge in [0.15, 0.2) is 0 Å². The molecule has 0 bridgehead atoms. The largest absolute Gasteiger partial charge is 0.381 e. The first kappa shape index (κ1) is 9.05. The predicted octanol–water partition coefficient (Wildman–Crippen LogP) is 2.85. The van der Waals surface area contributed by atoms with Gasteiger partial charge in [-0.15, -0.1) is 0 Å². The quantitative estimate of drug-likeness (QED) is 0.597. The third kappa shape index (κ3) is 2.82. The molecule has 0 spiro atoms. The Morgan fingerprint density at radius 3 is 2.64 bits per heavy atom. The second-order valence-electron chi connectivity index (χ2n) is 4.56. The molecule has 1 fully saturated rings. The number of rotatable bonds is 2. The lowest BCUT2D eigenvalue weighted by molar-refractivity contribution is -0.00814. The molecule has 1 aliphatic rings. The molecule has 0 aromatic carbocycles. The van der Waals surface area contributed by atoms with E-state index in [-0.39, 0.29) is 0 Å². The van der Waals surface area contributed by atoms with Crippen molar-refractivity contribution >= 4 is 0 Å². The summed E-state index contributed by atoms with van der Waals surface area (Å²) in [5.41, 5.74) is 0.479. The molecule has 66 valence electrons. The van der Waals surface area contributed by atoms with E-state index in [9.17, 15) is 0 Å². The van der Waals surface area contributed by atoms with Crippen molar-refractivity contribution in [3.8, 4) is 0 Å². The van der Waals surface area contributed by atoms with Gasteiger partial charge in [-0.3, -0.25) is 0 Å². The number of hydrogen-bond donors (Lipinski definition) is 0. The second-order valence-corrected chi connectivity index (χ2v) is 4.56. The van der Waals surface area contributed by atoms with Crippen LogP contribution in [0.2, 0.25) is 0 Å². The predicted molar refractivity (Wildman–Crippen MR) is 47.6 cm³/mol. The van der Waals surface area contributed by atoms with Crippen LogP contribution in [0.15, 0.2) is 0 Å². The Morgan fingerprint density at radius 1 is 1.45 bits per heavy atom. The van der Waals surface area contributed by atoms with Gasteiger partial charge < -0.3 is 4.74 Å². The van der Waals surface area contributed by atoms with E-state index in [0.717, 1.165) is 19.1 Å². The molecular weight excluding hydrogens is 136 g/mol. The molecule has 0 N–H and O–H groups in total. The van der Waals surface area contributed by atoms with Crippen LogP contribution in [-0.2, 0) is 4.74 Å². The molecule has 1 aliphatic heterocycles. The molecule has 1 atom stereocenters. The lowest BCUT2D eigenvalue weighted by Crippen LogP contribution is -2.29. The zero-order valence-electron chi connectivity index (χ0n) is 8.02. The number of ether oxygens (including phenoxy) is 1. The van der Waals surface area contributed by atoms with Crippen molar-refractivity contribution in [3.63, 3.8) is 0 Å². The van der Waals surface area contributed by atoms with E-state index in [1.54, 1.807) is 0 Å². The Hall–Kier alpha value is -0.0400. The molecule has 0 radical (unpaired) electrons. The van der Waals surface area contributed by atoms with E-state index in [4.69, 9.17) is 4.74 Å². The van der Waals surface area contributed by atoms with Crippen molar-refractivity contribution in [1.29, 1.82) is 0 Å². The molecular formula is C10H20O. The van der Waals surface area contributed by atoms with E-state index in [1.807, 2.05) is 0 Å². The van der Waals surface area contributed by atoms with E-state index < -0.39 is 0 Å². The SMILES string of the molecule is CC(C)CC1(C)CCCOC1. The Labute approximate surface area is 70.1 Å². The van der Waals surface area contributed by atoms with Crippen molar-refractivity contribution in [3.05, 3.63) is 0 Å². The fourth-order valence-electron chi connectivity index (χ4n) is 2.14. The maximum absolute atomic E-state index is 5.49. The van der Waals surface area contributed by atoms with Crippen LogP contribution >= 0.6 is 0 Å². The minimum Gasteiger partial charge on any atom is -0.381 e. The molecule has 1 rings (SSSR count). The van der Waals surface area contributed by atoms with Crippen LogP contribution < -0.4 is 0 Å². The molecule has 11 heavy (non-hydrogen) atoms. The van der Waals surface area contributed by atoms with Gasteiger partial charge in [0.1, 0.15) is 0 Å². The second kappa shape index (κ2) is 3.57. The van der Waals surface area contributed by atoms with Gasteiger partial charge in [0.2, 0.25) is 0 Å². The molecule has 1 heteroatoms. The highest BCUT2D eigenvalue weighted by Gasteiger charge is 2.27. The van der Waals surface area contributed by atoms with Gasteiger partial charge in [-0.2, -0.15) is 0 Å². The minimum atomic E-state index is 0.479. The van der Waals surface area contributed by atoms with Gasteiger partial charge in [-0.1, -0.05) is 20.8 Å². The van der Waals surface area contributed by atoms with Crippen LogP contribution in [0, 0.1) is 11.3 Å². The van der Waals surface area contributed by atoms with Crippen molar-refractivity contribution < 1.29 is 4.74 Å². The van der Waals surface area contributed by atoms with Crippen molar-refractivity contribution in [2.45, 2.75) is 40.0 Å². The third-order valence-electron chi connectivity index (χ3n) is 2.42. The Morgan fingerprint density at radius 2 is 2.18 bits per heavy atom. The van der Waals surface area contributed by atoms with Crippen molar-refractivity contribution in [1.82, 2.24) is 0 Å². The fraction of sp³-hybridized carbons (Fsp3) is 1.00. The first-order valence-corrected chi connectivity index (χ1v) is 4.70. The van der Waals surface area contributed by atoms with Gasteiger partial charge in [-0.05, 0) is 30.6 Å². The van der Waals surface area contributed by atoms with E-state index in [1.165, 1.54) is 19.3 Å².